The second-order valence-corrected chi connectivity index (χ2v) is 4.93. The highest BCUT2D eigenvalue weighted by atomic mass is 16.4. The van der Waals surface area contributed by atoms with Crippen molar-refractivity contribution in [2.75, 3.05) is 13.1 Å². The molecular formula is C15H21NO4. The molecule has 1 saturated heterocycles. The van der Waals surface area contributed by atoms with Gasteiger partial charge in [-0.1, -0.05) is 36.2 Å². The minimum Gasteiger partial charge on any atom is -0.473 e. The minimum atomic E-state index is -1.82. The summed E-state index contributed by atoms with van der Waals surface area (Å²) in [7, 11) is 0. The molecule has 1 heterocycles. The maximum atomic E-state index is 9.10. The molecular weight excluding hydrogens is 258 g/mol. The van der Waals surface area contributed by atoms with Crippen molar-refractivity contribution in [2.45, 2.75) is 32.7 Å². The van der Waals surface area contributed by atoms with Gasteiger partial charge in [0.2, 0.25) is 0 Å². The lowest BCUT2D eigenvalue weighted by Gasteiger charge is -2.26. The summed E-state index contributed by atoms with van der Waals surface area (Å²) in [5.74, 6) is -3.65. The van der Waals surface area contributed by atoms with Gasteiger partial charge in [0.1, 0.15) is 0 Å². The second kappa shape index (κ2) is 8.32. The molecule has 0 spiro atoms. The zero-order chi connectivity index (χ0) is 15.0. The van der Waals surface area contributed by atoms with E-state index in [1.54, 1.807) is 0 Å². The summed E-state index contributed by atoms with van der Waals surface area (Å²) in [6.45, 7) is 5.85. The molecule has 0 unspecified atom stereocenters. The molecule has 1 fully saturated rings. The molecule has 2 rings (SSSR count). The standard InChI is InChI=1S/C13H19N.C2H2O4/c1-12-5-7-13(8-6-12)11-14-9-3-2-4-10-14;3-1(4)2(5)6/h5-8H,2-4,9-11H2,1H3;(H,3,4)(H,5,6). The van der Waals surface area contributed by atoms with E-state index in [4.69, 9.17) is 19.8 Å². The normalized spacial score (nSPS) is 15.1. The predicted molar refractivity (Wildman–Crippen MR) is 75.6 cm³/mol. The SMILES string of the molecule is Cc1ccc(CN2CCCCC2)cc1.O=C(O)C(=O)O. The highest BCUT2D eigenvalue weighted by molar-refractivity contribution is 6.27. The van der Waals surface area contributed by atoms with E-state index in [-0.39, 0.29) is 0 Å². The first-order valence-electron chi connectivity index (χ1n) is 6.73. The van der Waals surface area contributed by atoms with Crippen LogP contribution in [0.15, 0.2) is 24.3 Å². The van der Waals surface area contributed by atoms with Crippen LogP contribution in [0.3, 0.4) is 0 Å². The topological polar surface area (TPSA) is 77.8 Å². The molecule has 0 radical (unpaired) electrons. The van der Waals surface area contributed by atoms with E-state index in [0.717, 1.165) is 6.54 Å². The molecule has 0 bridgehead atoms. The number of carboxylic acids is 2. The van der Waals surface area contributed by atoms with Gasteiger partial charge < -0.3 is 10.2 Å². The first-order chi connectivity index (χ1) is 9.49. The molecule has 5 nitrogen and oxygen atoms in total. The number of likely N-dealkylation sites (tertiary alicyclic amines) is 1. The number of nitrogens with zero attached hydrogens (tertiary/aromatic N) is 1. The largest absolute Gasteiger partial charge is 0.473 e. The lowest BCUT2D eigenvalue weighted by Crippen LogP contribution is -2.28. The Kier molecular flexibility index (Phi) is 6.73. The van der Waals surface area contributed by atoms with Gasteiger partial charge in [-0.3, -0.25) is 4.90 Å². The summed E-state index contributed by atoms with van der Waals surface area (Å²) in [5.41, 5.74) is 2.81. The van der Waals surface area contributed by atoms with E-state index < -0.39 is 11.9 Å². The summed E-state index contributed by atoms with van der Waals surface area (Å²) in [6.07, 6.45) is 4.18. The predicted octanol–water partition coefficient (Wildman–Crippen LogP) is 2.14. The number of benzene rings is 1. The number of hydrogen-bond acceptors (Lipinski definition) is 3. The van der Waals surface area contributed by atoms with E-state index in [1.807, 2.05) is 0 Å². The molecule has 1 aliphatic rings. The second-order valence-electron chi connectivity index (χ2n) is 4.93. The van der Waals surface area contributed by atoms with Crippen molar-refractivity contribution in [1.82, 2.24) is 4.90 Å². The number of piperidine rings is 1. The van der Waals surface area contributed by atoms with Gasteiger partial charge in [-0.25, -0.2) is 9.59 Å². The van der Waals surface area contributed by atoms with Crippen LogP contribution in [0.25, 0.3) is 0 Å². The molecule has 0 atom stereocenters. The fraction of sp³-hybridized carbons (Fsp3) is 0.467. The Morgan fingerprint density at radius 2 is 1.50 bits per heavy atom. The summed E-state index contributed by atoms with van der Waals surface area (Å²) >= 11 is 0. The van der Waals surface area contributed by atoms with Gasteiger partial charge in [0, 0.05) is 6.54 Å². The van der Waals surface area contributed by atoms with Gasteiger partial charge in [0.15, 0.2) is 0 Å². The maximum absolute atomic E-state index is 9.10. The summed E-state index contributed by atoms with van der Waals surface area (Å²) < 4.78 is 0. The third-order valence-electron chi connectivity index (χ3n) is 3.16. The lowest BCUT2D eigenvalue weighted by atomic mass is 10.1. The van der Waals surface area contributed by atoms with Crippen molar-refractivity contribution in [1.29, 1.82) is 0 Å². The van der Waals surface area contributed by atoms with E-state index in [9.17, 15) is 0 Å². The summed E-state index contributed by atoms with van der Waals surface area (Å²) in [6, 6.07) is 8.92. The van der Waals surface area contributed by atoms with Crippen molar-refractivity contribution in [2.24, 2.45) is 0 Å². The first-order valence-corrected chi connectivity index (χ1v) is 6.73. The average Bonchev–Trinajstić information content (AvgIpc) is 2.43. The van der Waals surface area contributed by atoms with Gasteiger partial charge in [0.25, 0.3) is 0 Å². The van der Waals surface area contributed by atoms with E-state index in [0.29, 0.717) is 0 Å². The van der Waals surface area contributed by atoms with Crippen LogP contribution >= 0.6 is 0 Å². The molecule has 2 N–H and O–H groups in total. The van der Waals surface area contributed by atoms with Gasteiger partial charge in [0.05, 0.1) is 0 Å². The monoisotopic (exact) mass is 279 g/mol. The highest BCUT2D eigenvalue weighted by Crippen LogP contribution is 2.13. The zero-order valence-corrected chi connectivity index (χ0v) is 11.7. The number of aliphatic carboxylic acids is 2. The van der Waals surface area contributed by atoms with Crippen LogP contribution < -0.4 is 0 Å². The zero-order valence-electron chi connectivity index (χ0n) is 11.7. The van der Waals surface area contributed by atoms with Gasteiger partial charge >= 0.3 is 11.9 Å². The van der Waals surface area contributed by atoms with Crippen LogP contribution in [0, 0.1) is 6.92 Å². The Labute approximate surface area is 118 Å². The number of carbonyl (C=O) groups is 2. The Balaban J connectivity index is 0.000000286. The lowest BCUT2D eigenvalue weighted by molar-refractivity contribution is -0.159. The Bertz CT molecular complexity index is 424. The Morgan fingerprint density at radius 1 is 1.00 bits per heavy atom. The Hall–Kier alpha value is -1.88. The average molecular weight is 279 g/mol. The molecule has 1 aliphatic heterocycles. The van der Waals surface area contributed by atoms with Crippen molar-refractivity contribution in [3.63, 3.8) is 0 Å². The van der Waals surface area contributed by atoms with Crippen molar-refractivity contribution in [3.05, 3.63) is 35.4 Å². The maximum Gasteiger partial charge on any atom is 0.414 e. The van der Waals surface area contributed by atoms with Crippen molar-refractivity contribution >= 4 is 11.9 Å². The highest BCUT2D eigenvalue weighted by Gasteiger charge is 2.09. The summed E-state index contributed by atoms with van der Waals surface area (Å²) in [4.78, 5) is 20.8. The third-order valence-corrected chi connectivity index (χ3v) is 3.16. The van der Waals surface area contributed by atoms with Crippen LogP contribution in [0.5, 0.6) is 0 Å². The van der Waals surface area contributed by atoms with E-state index >= 15 is 0 Å². The first kappa shape index (κ1) is 16.2. The fourth-order valence-corrected chi connectivity index (χ4v) is 2.07. The molecule has 110 valence electrons. The van der Waals surface area contributed by atoms with Crippen molar-refractivity contribution in [3.8, 4) is 0 Å². The molecule has 1 aromatic rings. The van der Waals surface area contributed by atoms with Crippen LogP contribution in [0.1, 0.15) is 30.4 Å². The molecule has 1 aromatic carbocycles. The minimum absolute atomic E-state index is 1.14. The molecule has 0 amide bonds. The van der Waals surface area contributed by atoms with E-state index in [1.165, 1.54) is 43.5 Å². The number of aryl methyl sites for hydroxylation is 1. The molecule has 0 saturated carbocycles. The van der Waals surface area contributed by atoms with Gasteiger partial charge in [-0.2, -0.15) is 0 Å². The molecule has 0 aromatic heterocycles. The van der Waals surface area contributed by atoms with Gasteiger partial charge in [-0.05, 0) is 38.4 Å². The number of rotatable bonds is 2. The molecule has 0 aliphatic carbocycles. The molecule has 20 heavy (non-hydrogen) atoms. The number of carboxylic acid groups (broad SMARTS) is 2. The van der Waals surface area contributed by atoms with Crippen LogP contribution in [0.2, 0.25) is 0 Å². The van der Waals surface area contributed by atoms with E-state index in [2.05, 4.69) is 36.1 Å². The van der Waals surface area contributed by atoms with Gasteiger partial charge in [-0.15, -0.1) is 0 Å². The van der Waals surface area contributed by atoms with Crippen LogP contribution in [0.4, 0.5) is 0 Å². The smallest absolute Gasteiger partial charge is 0.414 e. The third kappa shape index (κ3) is 6.33. The van der Waals surface area contributed by atoms with Crippen LogP contribution in [-0.2, 0) is 16.1 Å². The Morgan fingerprint density at radius 3 is 1.95 bits per heavy atom. The quantitative estimate of drug-likeness (QED) is 0.811. The van der Waals surface area contributed by atoms with Crippen molar-refractivity contribution < 1.29 is 19.8 Å². The summed E-state index contributed by atoms with van der Waals surface area (Å²) in [5, 5.41) is 14.8. The molecule has 5 heteroatoms. The fourth-order valence-electron chi connectivity index (χ4n) is 2.07. The number of hydrogen-bond donors (Lipinski definition) is 2. The van der Waals surface area contributed by atoms with Crippen LogP contribution in [-0.4, -0.2) is 40.1 Å².